The van der Waals surface area contributed by atoms with E-state index in [0.29, 0.717) is 24.1 Å². The van der Waals surface area contributed by atoms with Gasteiger partial charge in [-0.15, -0.1) is 0 Å². The molecule has 0 aliphatic rings. The van der Waals surface area contributed by atoms with Crippen molar-refractivity contribution >= 4 is 13.8 Å². The van der Waals surface area contributed by atoms with Crippen LogP contribution in [0.3, 0.4) is 0 Å². The number of phosphoric ester groups is 1. The van der Waals surface area contributed by atoms with E-state index in [4.69, 9.17) is 18.5 Å². The Balaban J connectivity index is 4.12. The maximum atomic E-state index is 12.8. The zero-order valence-electron chi connectivity index (χ0n) is 45.5. The molecular formula is C60H108NO7P. The van der Waals surface area contributed by atoms with Crippen molar-refractivity contribution in [3.05, 3.63) is 85.1 Å². The van der Waals surface area contributed by atoms with Gasteiger partial charge in [0.1, 0.15) is 19.3 Å². The molecule has 0 aliphatic heterocycles. The lowest BCUT2D eigenvalue weighted by Crippen LogP contribution is -2.37. The predicted molar refractivity (Wildman–Crippen MR) is 295 cm³/mol. The summed E-state index contributed by atoms with van der Waals surface area (Å²) in [6, 6.07) is 0. The van der Waals surface area contributed by atoms with Crippen molar-refractivity contribution in [1.82, 2.24) is 0 Å². The van der Waals surface area contributed by atoms with Gasteiger partial charge >= 0.3 is 5.97 Å². The lowest BCUT2D eigenvalue weighted by atomic mass is 10.0. The first kappa shape index (κ1) is 66.7. The van der Waals surface area contributed by atoms with Crippen molar-refractivity contribution in [1.29, 1.82) is 0 Å². The molecule has 69 heavy (non-hydrogen) atoms. The van der Waals surface area contributed by atoms with Gasteiger partial charge in [-0.25, -0.2) is 0 Å². The summed E-state index contributed by atoms with van der Waals surface area (Å²) in [5.41, 5.74) is 0. The molecule has 0 aliphatic carbocycles. The Morgan fingerprint density at radius 2 is 0.841 bits per heavy atom. The van der Waals surface area contributed by atoms with Gasteiger partial charge in [-0.1, -0.05) is 221 Å². The first-order valence-corrected chi connectivity index (χ1v) is 29.8. The molecule has 9 heteroatoms. The number of phosphoric acid groups is 1. The van der Waals surface area contributed by atoms with Gasteiger partial charge in [0, 0.05) is 13.0 Å². The molecule has 0 radical (unpaired) electrons. The number of quaternary nitrogens is 1. The molecule has 0 aromatic heterocycles. The van der Waals surface area contributed by atoms with E-state index in [1.54, 1.807) is 0 Å². The van der Waals surface area contributed by atoms with Crippen LogP contribution >= 0.6 is 7.82 Å². The van der Waals surface area contributed by atoms with E-state index in [1.165, 1.54) is 128 Å². The molecular weight excluding hydrogens is 878 g/mol. The highest BCUT2D eigenvalue weighted by Gasteiger charge is 2.20. The molecule has 0 heterocycles. The number of carbonyl (C=O) groups is 1. The Labute approximate surface area is 426 Å². The van der Waals surface area contributed by atoms with E-state index in [9.17, 15) is 14.3 Å². The van der Waals surface area contributed by atoms with Gasteiger partial charge in [-0.05, 0) is 89.9 Å². The highest BCUT2D eigenvalue weighted by molar-refractivity contribution is 7.45. The third kappa shape index (κ3) is 56.5. The molecule has 0 saturated carbocycles. The standard InChI is InChI=1S/C60H108NO7P/c1-6-8-10-12-14-16-18-20-22-24-26-28-29-30-31-32-34-36-38-40-42-44-46-48-50-52-55-65-57-59(58-67-69(63,64)66-56-54-61(3,4)5)68-60(62)53-51-49-47-45-43-41-39-37-35-33-27-25-23-21-19-17-15-13-11-9-7-2/h8,10,14,16,19-22,25-28,35,37,59H,6-7,9,11-13,15,17-18,23-24,29-34,36,38-58H2,1-5H3/b10-8-,16-14-,21-19-,22-20-,27-25-,28-26-,37-35-. The van der Waals surface area contributed by atoms with Crippen LogP contribution in [-0.4, -0.2) is 70.7 Å². The van der Waals surface area contributed by atoms with Crippen molar-refractivity contribution in [2.45, 2.75) is 238 Å². The summed E-state index contributed by atoms with van der Waals surface area (Å²) in [7, 11) is 1.34. The molecule has 400 valence electrons. The van der Waals surface area contributed by atoms with Crippen LogP contribution in [0.25, 0.3) is 0 Å². The number of nitrogens with zero attached hydrogens (tertiary/aromatic N) is 1. The Morgan fingerprint density at radius 1 is 0.464 bits per heavy atom. The number of likely N-dealkylation sites (N-methyl/N-ethyl adjacent to an activating group) is 1. The number of carbonyl (C=O) groups excluding carboxylic acids is 1. The topological polar surface area (TPSA) is 94.1 Å². The first-order valence-electron chi connectivity index (χ1n) is 28.3. The smallest absolute Gasteiger partial charge is 0.306 e. The van der Waals surface area contributed by atoms with Gasteiger partial charge < -0.3 is 27.9 Å². The minimum atomic E-state index is -4.54. The lowest BCUT2D eigenvalue weighted by molar-refractivity contribution is -0.870. The third-order valence-corrected chi connectivity index (χ3v) is 12.9. The lowest BCUT2D eigenvalue weighted by Gasteiger charge is -2.28. The largest absolute Gasteiger partial charge is 0.756 e. The van der Waals surface area contributed by atoms with Crippen LogP contribution in [0.4, 0.5) is 0 Å². The molecule has 0 fully saturated rings. The van der Waals surface area contributed by atoms with Gasteiger partial charge in [-0.2, -0.15) is 0 Å². The van der Waals surface area contributed by atoms with Crippen molar-refractivity contribution in [3.8, 4) is 0 Å². The van der Waals surface area contributed by atoms with Crippen LogP contribution in [-0.2, 0) is 27.9 Å². The van der Waals surface area contributed by atoms with Crippen molar-refractivity contribution < 1.29 is 37.3 Å². The molecule has 0 saturated heterocycles. The fourth-order valence-corrected chi connectivity index (χ4v) is 8.33. The predicted octanol–water partition coefficient (Wildman–Crippen LogP) is 17.3. The number of ether oxygens (including phenoxy) is 2. The summed E-state index contributed by atoms with van der Waals surface area (Å²) in [6.07, 6.45) is 70.5. The van der Waals surface area contributed by atoms with Crippen LogP contribution in [0, 0.1) is 0 Å². The summed E-state index contributed by atoms with van der Waals surface area (Å²) in [4.78, 5) is 25.2. The summed E-state index contributed by atoms with van der Waals surface area (Å²) in [5, 5.41) is 0. The van der Waals surface area contributed by atoms with Crippen LogP contribution in [0.5, 0.6) is 0 Å². The summed E-state index contributed by atoms with van der Waals surface area (Å²) >= 11 is 0. The van der Waals surface area contributed by atoms with Crippen LogP contribution in [0.2, 0.25) is 0 Å². The summed E-state index contributed by atoms with van der Waals surface area (Å²) in [6.45, 7) is 5.28. The fraction of sp³-hybridized carbons (Fsp3) is 0.750. The number of unbranched alkanes of at least 4 members (excludes halogenated alkanes) is 24. The average Bonchev–Trinajstić information content (AvgIpc) is 3.31. The van der Waals surface area contributed by atoms with Crippen LogP contribution in [0.15, 0.2) is 85.1 Å². The van der Waals surface area contributed by atoms with Gasteiger partial charge in [0.15, 0.2) is 0 Å². The number of hydrogen-bond donors (Lipinski definition) is 0. The molecule has 0 bridgehead atoms. The minimum Gasteiger partial charge on any atom is -0.756 e. The zero-order valence-corrected chi connectivity index (χ0v) is 46.4. The molecule has 2 atom stereocenters. The number of hydrogen-bond acceptors (Lipinski definition) is 7. The average molecular weight is 986 g/mol. The maximum Gasteiger partial charge on any atom is 0.306 e. The second kappa shape index (κ2) is 52.0. The Hall–Kier alpha value is -2.32. The van der Waals surface area contributed by atoms with E-state index in [1.807, 2.05) is 21.1 Å². The molecule has 0 N–H and O–H groups in total. The van der Waals surface area contributed by atoms with E-state index < -0.39 is 13.9 Å². The van der Waals surface area contributed by atoms with E-state index in [0.717, 1.165) is 83.5 Å². The fourth-order valence-electron chi connectivity index (χ4n) is 7.60. The maximum absolute atomic E-state index is 12.8. The number of allylic oxidation sites excluding steroid dienone is 14. The van der Waals surface area contributed by atoms with Gasteiger partial charge in [0.05, 0.1) is 34.4 Å². The molecule has 0 rings (SSSR count). The monoisotopic (exact) mass is 986 g/mol. The normalized spacial score (nSPS) is 14.1. The van der Waals surface area contributed by atoms with Gasteiger partial charge in [0.2, 0.25) is 0 Å². The Morgan fingerprint density at radius 3 is 1.26 bits per heavy atom. The van der Waals surface area contributed by atoms with Gasteiger partial charge in [-0.3, -0.25) is 9.36 Å². The van der Waals surface area contributed by atoms with Gasteiger partial charge in [0.25, 0.3) is 7.82 Å². The highest BCUT2D eigenvalue weighted by Crippen LogP contribution is 2.38. The molecule has 0 amide bonds. The van der Waals surface area contributed by atoms with Crippen molar-refractivity contribution in [2.75, 3.05) is 54.1 Å². The second-order valence-electron chi connectivity index (χ2n) is 19.9. The van der Waals surface area contributed by atoms with Crippen molar-refractivity contribution in [3.63, 3.8) is 0 Å². The molecule has 0 aromatic rings. The van der Waals surface area contributed by atoms with Crippen LogP contribution < -0.4 is 4.89 Å². The molecule has 2 unspecified atom stereocenters. The van der Waals surface area contributed by atoms with E-state index >= 15 is 0 Å². The first-order chi connectivity index (χ1) is 33.6. The highest BCUT2D eigenvalue weighted by atomic mass is 31.2. The minimum absolute atomic E-state index is 0.0196. The number of rotatable bonds is 52. The van der Waals surface area contributed by atoms with E-state index in [2.05, 4.69) is 98.9 Å². The van der Waals surface area contributed by atoms with Crippen molar-refractivity contribution in [2.24, 2.45) is 0 Å². The molecule has 0 spiro atoms. The third-order valence-electron chi connectivity index (χ3n) is 11.9. The zero-order chi connectivity index (χ0) is 50.5. The quantitative estimate of drug-likeness (QED) is 0.0197. The SMILES string of the molecule is CC/C=C\C/C=C\C/C=C\C/C=C\CCCCCCCCCCCCCCCOCC(COP(=O)([O-])OCC[N+](C)(C)C)OC(=O)CCCCCCCC/C=C\C/C=C\C/C=C\CCCCCCC. The number of esters is 1. The molecule has 8 nitrogen and oxygen atoms in total. The van der Waals surface area contributed by atoms with E-state index in [-0.39, 0.29) is 25.8 Å². The second-order valence-corrected chi connectivity index (χ2v) is 21.3. The Kier molecular flexibility index (Phi) is 50.3. The summed E-state index contributed by atoms with van der Waals surface area (Å²) in [5.74, 6) is -0.347. The summed E-state index contributed by atoms with van der Waals surface area (Å²) < 4.78 is 34.8. The Bertz CT molecular complexity index is 1380. The molecule has 0 aromatic carbocycles. The van der Waals surface area contributed by atoms with Crippen LogP contribution in [0.1, 0.15) is 232 Å².